The smallest absolute Gasteiger partial charge is 0.213 e. The predicted octanol–water partition coefficient (Wildman–Crippen LogP) is 4.19. The van der Waals surface area contributed by atoms with Gasteiger partial charge in [0.15, 0.2) is 0 Å². The summed E-state index contributed by atoms with van der Waals surface area (Å²) in [6.07, 6.45) is 1.84. The third-order valence-electron chi connectivity index (χ3n) is 4.31. The number of fused-ring (bicyclic) bond motifs is 2. The van der Waals surface area contributed by atoms with Gasteiger partial charge in [-0.2, -0.15) is 4.57 Å². The van der Waals surface area contributed by atoms with Crippen LogP contribution in [0.5, 0.6) is 0 Å². The van der Waals surface area contributed by atoms with Gasteiger partial charge in [0, 0.05) is 34.7 Å². The fourth-order valence-corrected chi connectivity index (χ4v) is 3.12. The van der Waals surface area contributed by atoms with Crippen molar-refractivity contribution in [2.45, 2.75) is 6.92 Å². The minimum Gasteiger partial charge on any atom is -0.256 e. The van der Waals surface area contributed by atoms with Crippen LogP contribution in [0.15, 0.2) is 66.9 Å². The molecule has 22 heavy (non-hydrogen) atoms. The maximum Gasteiger partial charge on any atom is 0.213 e. The minimum atomic E-state index is 1.05. The molecule has 0 N–H and O–H groups in total. The molecule has 0 fully saturated rings. The normalized spacial score (nSPS) is 11.2. The van der Waals surface area contributed by atoms with E-state index in [-0.39, 0.29) is 0 Å². The molecule has 0 unspecified atom stereocenters. The van der Waals surface area contributed by atoms with Crippen molar-refractivity contribution >= 4 is 21.8 Å². The van der Waals surface area contributed by atoms with Crippen molar-refractivity contribution in [2.75, 3.05) is 0 Å². The molecule has 2 heterocycles. The predicted molar refractivity (Wildman–Crippen MR) is 90.6 cm³/mol. The molecule has 0 atom stereocenters. The van der Waals surface area contributed by atoms with E-state index in [1.165, 1.54) is 33.1 Å². The first-order valence-electron chi connectivity index (χ1n) is 7.47. The molecule has 0 bridgehead atoms. The average molecular weight is 285 g/mol. The Morgan fingerprint density at radius 3 is 2.59 bits per heavy atom. The first-order chi connectivity index (χ1) is 10.7. The molecule has 0 aliphatic rings. The highest BCUT2D eigenvalue weighted by atomic mass is 14.9. The molecule has 0 amide bonds. The Bertz CT molecular complexity index is 997. The zero-order valence-corrected chi connectivity index (χ0v) is 12.7. The summed E-state index contributed by atoms with van der Waals surface area (Å²) in [6.45, 7) is 2.15. The van der Waals surface area contributed by atoms with Crippen LogP contribution in [0, 0.1) is 6.92 Å². The van der Waals surface area contributed by atoms with Crippen LogP contribution >= 0.6 is 0 Å². The van der Waals surface area contributed by atoms with Crippen molar-refractivity contribution in [1.82, 2.24) is 4.98 Å². The molecule has 106 valence electrons. The van der Waals surface area contributed by atoms with Crippen molar-refractivity contribution in [3.05, 3.63) is 72.4 Å². The Morgan fingerprint density at radius 1 is 0.864 bits per heavy atom. The van der Waals surface area contributed by atoms with E-state index >= 15 is 0 Å². The summed E-state index contributed by atoms with van der Waals surface area (Å²) in [5.74, 6) is 0. The van der Waals surface area contributed by atoms with Gasteiger partial charge in [-0.3, -0.25) is 4.98 Å². The molecule has 2 nitrogen and oxygen atoms in total. The fraction of sp³-hybridized carbons (Fsp3) is 0.100. The number of aryl methyl sites for hydroxylation is 2. The monoisotopic (exact) mass is 285 g/mol. The molecule has 0 aliphatic carbocycles. The van der Waals surface area contributed by atoms with Crippen LogP contribution in [0.3, 0.4) is 0 Å². The largest absolute Gasteiger partial charge is 0.256 e. The highest BCUT2D eigenvalue weighted by Gasteiger charge is 2.16. The van der Waals surface area contributed by atoms with Crippen LogP contribution in [0.1, 0.15) is 5.56 Å². The first-order valence-corrected chi connectivity index (χ1v) is 7.47. The van der Waals surface area contributed by atoms with Crippen LogP contribution in [0.2, 0.25) is 0 Å². The summed E-state index contributed by atoms with van der Waals surface area (Å²) in [4.78, 5) is 4.44. The summed E-state index contributed by atoms with van der Waals surface area (Å²) in [6, 6.07) is 21.4. The summed E-state index contributed by atoms with van der Waals surface area (Å²) >= 11 is 0. The second-order valence-electron chi connectivity index (χ2n) is 5.70. The number of nitrogens with zero attached hydrogens (tertiary/aromatic N) is 2. The van der Waals surface area contributed by atoms with E-state index in [4.69, 9.17) is 0 Å². The molecule has 0 spiro atoms. The molecule has 2 aromatic carbocycles. The zero-order chi connectivity index (χ0) is 15.1. The van der Waals surface area contributed by atoms with Gasteiger partial charge in [0.25, 0.3) is 0 Å². The lowest BCUT2D eigenvalue weighted by atomic mass is 10.0. The number of rotatable bonds is 1. The highest BCUT2D eigenvalue weighted by Crippen LogP contribution is 2.26. The van der Waals surface area contributed by atoms with Gasteiger partial charge in [-0.15, -0.1) is 0 Å². The van der Waals surface area contributed by atoms with E-state index in [0.717, 1.165) is 5.52 Å². The first kappa shape index (κ1) is 13.0. The number of pyridine rings is 2. The third-order valence-corrected chi connectivity index (χ3v) is 4.31. The summed E-state index contributed by atoms with van der Waals surface area (Å²) in [5, 5.41) is 2.44. The molecule has 2 aromatic heterocycles. The maximum atomic E-state index is 4.44. The molecule has 0 saturated heterocycles. The van der Waals surface area contributed by atoms with Gasteiger partial charge in [-0.25, -0.2) is 0 Å². The van der Waals surface area contributed by atoms with Crippen molar-refractivity contribution < 1.29 is 4.57 Å². The van der Waals surface area contributed by atoms with E-state index in [1.54, 1.807) is 0 Å². The Kier molecular flexibility index (Phi) is 2.90. The van der Waals surface area contributed by atoms with Crippen LogP contribution in [-0.4, -0.2) is 4.98 Å². The second-order valence-corrected chi connectivity index (χ2v) is 5.70. The Balaban J connectivity index is 2.02. The van der Waals surface area contributed by atoms with Crippen molar-refractivity contribution in [3.63, 3.8) is 0 Å². The zero-order valence-electron chi connectivity index (χ0n) is 12.7. The van der Waals surface area contributed by atoms with Gasteiger partial charge < -0.3 is 0 Å². The average Bonchev–Trinajstić information content (AvgIpc) is 2.55. The van der Waals surface area contributed by atoms with Gasteiger partial charge in [0.2, 0.25) is 11.2 Å². The SMILES string of the molecule is Cc1cc2ncccc2cc1-c1ccc2ccccc2[n+]1C. The van der Waals surface area contributed by atoms with Crippen LogP contribution < -0.4 is 4.57 Å². The van der Waals surface area contributed by atoms with E-state index in [0.29, 0.717) is 0 Å². The fourth-order valence-electron chi connectivity index (χ4n) is 3.12. The summed E-state index contributed by atoms with van der Waals surface area (Å²) in [7, 11) is 2.13. The minimum absolute atomic E-state index is 1.05. The topological polar surface area (TPSA) is 16.8 Å². The van der Waals surface area contributed by atoms with Gasteiger partial charge in [-0.1, -0.05) is 18.2 Å². The molecule has 2 heteroatoms. The summed E-state index contributed by atoms with van der Waals surface area (Å²) < 4.78 is 2.26. The number of benzene rings is 2. The molecular weight excluding hydrogens is 268 g/mol. The molecule has 0 saturated carbocycles. The highest BCUT2D eigenvalue weighted by molar-refractivity contribution is 5.86. The van der Waals surface area contributed by atoms with Gasteiger partial charge >= 0.3 is 0 Å². The van der Waals surface area contributed by atoms with Crippen molar-refractivity contribution in [1.29, 1.82) is 0 Å². The van der Waals surface area contributed by atoms with Crippen LogP contribution in [-0.2, 0) is 7.05 Å². The van der Waals surface area contributed by atoms with E-state index in [9.17, 15) is 0 Å². The lowest BCUT2D eigenvalue weighted by Crippen LogP contribution is -2.32. The van der Waals surface area contributed by atoms with Crippen molar-refractivity contribution in [2.24, 2.45) is 7.05 Å². The second kappa shape index (κ2) is 4.92. The van der Waals surface area contributed by atoms with Crippen LogP contribution in [0.25, 0.3) is 33.1 Å². The standard InChI is InChI=1S/C20H17N2/c1-14-12-18-16(7-5-11-21-18)13-17(14)20-10-9-15-6-3-4-8-19(15)22(20)2/h3-13H,1-2H3/q+1. The molecule has 0 radical (unpaired) electrons. The lowest BCUT2D eigenvalue weighted by molar-refractivity contribution is -0.633. The molecule has 4 aromatic rings. The number of hydrogen-bond acceptors (Lipinski definition) is 1. The third kappa shape index (κ3) is 1.96. The number of para-hydroxylation sites is 1. The Labute approximate surface area is 129 Å². The van der Waals surface area contributed by atoms with E-state index < -0.39 is 0 Å². The van der Waals surface area contributed by atoms with Crippen LogP contribution in [0.4, 0.5) is 0 Å². The molecule has 4 rings (SSSR count). The van der Waals surface area contributed by atoms with E-state index in [1.807, 2.05) is 12.3 Å². The lowest BCUT2D eigenvalue weighted by Gasteiger charge is -2.08. The van der Waals surface area contributed by atoms with Gasteiger partial charge in [-0.05, 0) is 42.8 Å². The Morgan fingerprint density at radius 2 is 1.68 bits per heavy atom. The quantitative estimate of drug-likeness (QED) is 0.479. The molecule has 0 aliphatic heterocycles. The maximum absolute atomic E-state index is 4.44. The van der Waals surface area contributed by atoms with Gasteiger partial charge in [0.05, 0.1) is 5.52 Å². The number of hydrogen-bond donors (Lipinski definition) is 0. The molecular formula is C20H17N2+. The number of aromatic nitrogens is 2. The van der Waals surface area contributed by atoms with Gasteiger partial charge in [0.1, 0.15) is 7.05 Å². The summed E-state index contributed by atoms with van der Waals surface area (Å²) in [5.41, 5.74) is 6.02. The Hall–Kier alpha value is -2.74. The van der Waals surface area contributed by atoms with Crippen molar-refractivity contribution in [3.8, 4) is 11.3 Å². The van der Waals surface area contributed by atoms with E-state index in [2.05, 4.69) is 78.1 Å².